The Kier molecular flexibility index (Phi) is 3.41. The molecule has 0 unspecified atom stereocenters. The van der Waals surface area contributed by atoms with E-state index in [0.717, 1.165) is 12.3 Å². The molecule has 0 aromatic carbocycles. The van der Waals surface area contributed by atoms with Gasteiger partial charge < -0.3 is 5.32 Å². The summed E-state index contributed by atoms with van der Waals surface area (Å²) in [5.74, 6) is -4.47. The third kappa shape index (κ3) is 3.14. The van der Waals surface area contributed by atoms with Crippen molar-refractivity contribution in [3.8, 4) is 0 Å². The zero-order chi connectivity index (χ0) is 12.3. The third-order valence-electron chi connectivity index (χ3n) is 1.54. The molecular formula is C8H5F5N2O. The van der Waals surface area contributed by atoms with Crippen molar-refractivity contribution in [2.45, 2.75) is 6.18 Å². The first kappa shape index (κ1) is 12.3. The number of halogens is 5. The highest BCUT2D eigenvalue weighted by atomic mass is 19.4. The van der Waals surface area contributed by atoms with Crippen LogP contribution in [-0.4, -0.2) is 23.6 Å². The van der Waals surface area contributed by atoms with Crippen molar-refractivity contribution in [2.24, 2.45) is 0 Å². The van der Waals surface area contributed by atoms with Crippen molar-refractivity contribution in [3.63, 3.8) is 0 Å². The fourth-order valence-electron chi connectivity index (χ4n) is 0.869. The molecule has 1 aromatic heterocycles. The van der Waals surface area contributed by atoms with Crippen LogP contribution in [0.2, 0.25) is 0 Å². The van der Waals surface area contributed by atoms with Gasteiger partial charge in [-0.15, -0.1) is 0 Å². The van der Waals surface area contributed by atoms with Gasteiger partial charge in [-0.2, -0.15) is 17.6 Å². The summed E-state index contributed by atoms with van der Waals surface area (Å²) in [5.41, 5.74) is -0.822. The molecule has 0 aliphatic heterocycles. The van der Waals surface area contributed by atoms with Gasteiger partial charge in [0.2, 0.25) is 5.95 Å². The quantitative estimate of drug-likeness (QED) is 0.630. The van der Waals surface area contributed by atoms with Crippen LogP contribution >= 0.6 is 0 Å². The van der Waals surface area contributed by atoms with Gasteiger partial charge in [0.05, 0.1) is 5.56 Å². The maximum atomic E-state index is 12.9. The predicted molar refractivity (Wildman–Crippen MR) is 42.5 cm³/mol. The summed E-state index contributed by atoms with van der Waals surface area (Å²) in [6, 6.07) is 0.782. The Labute approximate surface area is 86.3 Å². The summed E-state index contributed by atoms with van der Waals surface area (Å²) in [4.78, 5) is 13.9. The molecule has 8 heteroatoms. The number of carbonyl (C=O) groups is 1. The van der Waals surface area contributed by atoms with Crippen molar-refractivity contribution in [1.29, 1.82) is 0 Å². The second-order valence-corrected chi connectivity index (χ2v) is 2.76. The Morgan fingerprint density at radius 1 is 1.38 bits per heavy atom. The first-order chi connectivity index (χ1) is 7.31. The molecule has 1 N–H and O–H groups in total. The molecule has 0 saturated heterocycles. The minimum absolute atomic E-state index is 0.779. The number of hydrogen-bond acceptors (Lipinski definition) is 2. The number of nitrogens with zero attached hydrogens (tertiary/aromatic N) is 1. The van der Waals surface area contributed by atoms with Crippen molar-refractivity contribution >= 4 is 5.91 Å². The zero-order valence-electron chi connectivity index (χ0n) is 7.61. The van der Waals surface area contributed by atoms with Gasteiger partial charge >= 0.3 is 6.18 Å². The molecule has 0 radical (unpaired) electrons. The van der Waals surface area contributed by atoms with Crippen LogP contribution in [0, 0.1) is 11.8 Å². The lowest BCUT2D eigenvalue weighted by atomic mass is 10.2. The van der Waals surface area contributed by atoms with Gasteiger partial charge in [0.1, 0.15) is 6.54 Å². The minimum atomic E-state index is -4.61. The topological polar surface area (TPSA) is 42.0 Å². The van der Waals surface area contributed by atoms with E-state index in [1.54, 1.807) is 0 Å². The van der Waals surface area contributed by atoms with Crippen molar-refractivity contribution in [2.75, 3.05) is 6.54 Å². The zero-order valence-corrected chi connectivity index (χ0v) is 7.61. The van der Waals surface area contributed by atoms with Crippen LogP contribution < -0.4 is 5.32 Å². The molecule has 3 nitrogen and oxygen atoms in total. The van der Waals surface area contributed by atoms with Crippen LogP contribution in [0.25, 0.3) is 0 Å². The van der Waals surface area contributed by atoms with E-state index in [0.29, 0.717) is 0 Å². The Morgan fingerprint density at radius 3 is 2.56 bits per heavy atom. The summed E-state index contributed by atoms with van der Waals surface area (Å²) in [6.45, 7) is -1.62. The van der Waals surface area contributed by atoms with E-state index in [1.807, 2.05) is 0 Å². The van der Waals surface area contributed by atoms with E-state index in [-0.39, 0.29) is 0 Å². The van der Waals surface area contributed by atoms with Crippen molar-refractivity contribution < 1.29 is 26.7 Å². The van der Waals surface area contributed by atoms with Crippen LogP contribution in [0.3, 0.4) is 0 Å². The van der Waals surface area contributed by atoms with E-state index < -0.39 is 36.0 Å². The van der Waals surface area contributed by atoms with Gasteiger partial charge in [-0.05, 0) is 6.07 Å². The van der Waals surface area contributed by atoms with E-state index in [1.165, 1.54) is 5.32 Å². The molecular weight excluding hydrogens is 235 g/mol. The molecule has 1 aromatic rings. The maximum absolute atomic E-state index is 12.9. The third-order valence-corrected chi connectivity index (χ3v) is 1.54. The van der Waals surface area contributed by atoms with Crippen LogP contribution in [0.5, 0.6) is 0 Å². The highest BCUT2D eigenvalue weighted by Crippen LogP contribution is 2.13. The van der Waals surface area contributed by atoms with Crippen LogP contribution in [0.1, 0.15) is 10.4 Å². The molecule has 0 spiro atoms. The molecule has 88 valence electrons. The fraction of sp³-hybridized carbons (Fsp3) is 0.250. The normalized spacial score (nSPS) is 11.3. The summed E-state index contributed by atoms with van der Waals surface area (Å²) in [6.07, 6.45) is -3.83. The molecule has 0 saturated carbocycles. The van der Waals surface area contributed by atoms with E-state index >= 15 is 0 Å². The fourth-order valence-corrected chi connectivity index (χ4v) is 0.869. The highest BCUT2D eigenvalue weighted by molar-refractivity contribution is 5.94. The molecule has 1 amide bonds. The monoisotopic (exact) mass is 240 g/mol. The van der Waals surface area contributed by atoms with Gasteiger partial charge in [-0.3, -0.25) is 4.79 Å². The molecule has 0 aliphatic carbocycles. The Bertz CT molecular complexity index is 404. The summed E-state index contributed by atoms with van der Waals surface area (Å²) >= 11 is 0. The first-order valence-corrected chi connectivity index (χ1v) is 3.96. The highest BCUT2D eigenvalue weighted by Gasteiger charge is 2.28. The van der Waals surface area contributed by atoms with Crippen LogP contribution in [-0.2, 0) is 0 Å². The number of amides is 1. The molecule has 0 atom stereocenters. The summed E-state index contributed by atoms with van der Waals surface area (Å²) < 4.78 is 60.6. The minimum Gasteiger partial charge on any atom is -0.343 e. The van der Waals surface area contributed by atoms with Gasteiger partial charge in [0.25, 0.3) is 5.91 Å². The lowest BCUT2D eigenvalue weighted by Crippen LogP contribution is -2.34. The molecule has 0 aliphatic rings. The van der Waals surface area contributed by atoms with Gasteiger partial charge in [0.15, 0.2) is 5.82 Å². The molecule has 0 fully saturated rings. The number of aromatic nitrogens is 1. The number of hydrogen-bond donors (Lipinski definition) is 1. The number of nitrogens with one attached hydrogen (secondary N) is 1. The van der Waals surface area contributed by atoms with Crippen molar-refractivity contribution in [3.05, 3.63) is 29.6 Å². The smallest absolute Gasteiger partial charge is 0.343 e. The van der Waals surface area contributed by atoms with E-state index in [2.05, 4.69) is 4.98 Å². The van der Waals surface area contributed by atoms with Gasteiger partial charge in [-0.25, -0.2) is 9.37 Å². The van der Waals surface area contributed by atoms with E-state index in [9.17, 15) is 26.7 Å². The first-order valence-electron chi connectivity index (χ1n) is 3.96. The second kappa shape index (κ2) is 4.42. The molecule has 1 heterocycles. The van der Waals surface area contributed by atoms with Crippen LogP contribution in [0.15, 0.2) is 12.3 Å². The Hall–Kier alpha value is -1.73. The maximum Gasteiger partial charge on any atom is 0.405 e. The average molecular weight is 240 g/mol. The predicted octanol–water partition coefficient (Wildman–Crippen LogP) is 1.65. The lowest BCUT2D eigenvalue weighted by Gasteiger charge is -2.08. The van der Waals surface area contributed by atoms with Gasteiger partial charge in [-0.1, -0.05) is 0 Å². The van der Waals surface area contributed by atoms with Crippen molar-refractivity contribution in [1.82, 2.24) is 10.3 Å². The number of pyridine rings is 1. The summed E-state index contributed by atoms with van der Waals surface area (Å²) in [7, 11) is 0. The number of carbonyl (C=O) groups excluding carboxylic acids is 1. The van der Waals surface area contributed by atoms with E-state index in [4.69, 9.17) is 0 Å². The Morgan fingerprint density at radius 2 is 2.00 bits per heavy atom. The molecule has 16 heavy (non-hydrogen) atoms. The second-order valence-electron chi connectivity index (χ2n) is 2.76. The van der Waals surface area contributed by atoms with Crippen LogP contribution in [0.4, 0.5) is 22.0 Å². The van der Waals surface area contributed by atoms with Gasteiger partial charge in [0, 0.05) is 6.20 Å². The Balaban J connectivity index is 2.78. The molecule has 1 rings (SSSR count). The summed E-state index contributed by atoms with van der Waals surface area (Å²) in [5, 5.41) is 1.41. The lowest BCUT2D eigenvalue weighted by molar-refractivity contribution is -0.123. The SMILES string of the molecule is O=C(NCC(F)(F)F)c1ccnc(F)c1F. The number of alkyl halides is 3. The average Bonchev–Trinajstić information content (AvgIpc) is 2.17. The number of rotatable bonds is 2. The standard InChI is InChI=1S/C8H5F5N2O/c9-5-4(1-2-14-6(5)10)7(16)15-3-8(11,12)13/h1-2H,3H2,(H,15,16). The molecule has 0 bridgehead atoms. The largest absolute Gasteiger partial charge is 0.405 e.